The molecule has 5 heteroatoms. The topological polar surface area (TPSA) is 0 Å². The first-order valence-electron chi connectivity index (χ1n) is 7.19. The molecule has 0 heterocycles. The van der Waals surface area contributed by atoms with Gasteiger partial charge in [-0.25, -0.2) is 0 Å². The molecule has 0 aliphatic carbocycles. The second-order valence-electron chi connectivity index (χ2n) is 5.02. The molecule has 0 saturated heterocycles. The molecular weight excluding hydrogens is 416 g/mol. The normalized spacial score (nSPS) is 10.9. The van der Waals surface area contributed by atoms with E-state index in [1.165, 1.54) is 23.6 Å². The predicted octanol–water partition coefficient (Wildman–Crippen LogP) is 1.17. The molecule has 0 N–H and O–H groups in total. The van der Waals surface area contributed by atoms with Crippen LogP contribution in [-0.2, 0) is 0 Å². The zero-order valence-corrected chi connectivity index (χ0v) is 17.9. The molecule has 0 amide bonds. The fourth-order valence-corrected chi connectivity index (χ4v) is 12.7. The molecule has 3 rings (SSSR count). The van der Waals surface area contributed by atoms with Crippen molar-refractivity contribution >= 4 is 77.7 Å². The Bertz CT molecular complexity index is 727. The van der Waals surface area contributed by atoms with Crippen molar-refractivity contribution in [3.63, 3.8) is 0 Å². The zero-order chi connectivity index (χ0) is 16.1. The summed E-state index contributed by atoms with van der Waals surface area (Å²) in [4.78, 5) is 0. The average molecular weight is 429 g/mol. The van der Waals surface area contributed by atoms with E-state index in [1.807, 2.05) is 0 Å². The summed E-state index contributed by atoms with van der Waals surface area (Å²) >= 11 is 10.6. The average Bonchev–Trinajstić information content (AvgIpc) is 2.63. The molecule has 0 saturated carbocycles. The predicted molar refractivity (Wildman–Crippen MR) is 106 cm³/mol. The van der Waals surface area contributed by atoms with Crippen molar-refractivity contribution in [3.05, 3.63) is 78.9 Å². The van der Waals surface area contributed by atoms with E-state index in [2.05, 4.69) is 78.9 Å². The van der Waals surface area contributed by atoms with Gasteiger partial charge >= 0.3 is 157 Å². The van der Waals surface area contributed by atoms with Crippen LogP contribution in [0.1, 0.15) is 0 Å². The molecule has 111 valence electrons. The van der Waals surface area contributed by atoms with Crippen molar-refractivity contribution in [2.45, 2.75) is 0 Å². The van der Waals surface area contributed by atoms with Gasteiger partial charge in [-0.15, -0.1) is 0 Å². The number of hydrogen-bond donors (Lipinski definition) is 0. The Morgan fingerprint density at radius 1 is 0.609 bits per heavy atom. The first kappa shape index (κ1) is 17.1. The first-order chi connectivity index (χ1) is 11.3. The second-order valence-corrected chi connectivity index (χ2v) is 12.7. The van der Waals surface area contributed by atoms with E-state index < -0.39 is 14.3 Å². The Hall–Kier alpha value is -0.783. The minimum absolute atomic E-state index is 0.253. The third kappa shape index (κ3) is 3.83. The second kappa shape index (κ2) is 8.35. The van der Waals surface area contributed by atoms with Crippen LogP contribution in [0.3, 0.4) is 0 Å². The monoisotopic (exact) mass is 429 g/mol. The Balaban J connectivity index is 2.21. The van der Waals surface area contributed by atoms with Crippen LogP contribution in [-0.4, -0.2) is 32.0 Å². The molecular formula is C18H13Cl2GeSi2. The van der Waals surface area contributed by atoms with E-state index in [0.717, 1.165) is 0 Å². The molecule has 0 aliphatic rings. The van der Waals surface area contributed by atoms with Crippen LogP contribution in [0.2, 0.25) is 0 Å². The maximum absolute atomic E-state index is 6.34. The molecule has 5 radical (unpaired) electrons. The van der Waals surface area contributed by atoms with Gasteiger partial charge in [0.2, 0.25) is 0 Å². The van der Waals surface area contributed by atoms with Gasteiger partial charge in [0.15, 0.2) is 0 Å². The van der Waals surface area contributed by atoms with Crippen LogP contribution in [0.5, 0.6) is 0 Å². The van der Waals surface area contributed by atoms with Crippen molar-refractivity contribution < 1.29 is 0 Å². The number of benzene rings is 3. The number of halogens is 2. The van der Waals surface area contributed by atoms with Crippen molar-refractivity contribution in [1.82, 2.24) is 0 Å². The van der Waals surface area contributed by atoms with Crippen molar-refractivity contribution in [1.29, 1.82) is 0 Å². The van der Waals surface area contributed by atoms with Crippen molar-refractivity contribution in [2.75, 3.05) is 0 Å². The van der Waals surface area contributed by atoms with Gasteiger partial charge in [0.25, 0.3) is 0 Å². The van der Waals surface area contributed by atoms with E-state index in [0.29, 0.717) is 0 Å². The number of hydrogen-bond acceptors (Lipinski definition) is 0. The van der Waals surface area contributed by atoms with E-state index in [1.54, 1.807) is 0 Å². The van der Waals surface area contributed by atoms with Crippen molar-refractivity contribution in [3.8, 4) is 0 Å². The summed E-state index contributed by atoms with van der Waals surface area (Å²) in [7, 11) is 0.515. The summed E-state index contributed by atoms with van der Waals surface area (Å²) in [5.74, 6) is 0. The number of rotatable bonds is 5. The molecule has 0 spiro atoms. The van der Waals surface area contributed by atoms with Crippen LogP contribution in [0.15, 0.2) is 78.9 Å². The fourth-order valence-electron chi connectivity index (χ4n) is 2.63. The van der Waals surface area contributed by atoms with E-state index in [4.69, 9.17) is 22.2 Å². The summed E-state index contributed by atoms with van der Waals surface area (Å²) in [6.45, 7) is 0. The van der Waals surface area contributed by atoms with Gasteiger partial charge in [0.1, 0.15) is 0 Å². The Labute approximate surface area is 156 Å². The first-order valence-corrected chi connectivity index (χ1v) is 14.4. The minimum atomic E-state index is -1.88. The molecule has 0 aromatic heterocycles. The molecule has 0 fully saturated rings. The third-order valence-electron chi connectivity index (χ3n) is 3.66. The quantitative estimate of drug-likeness (QED) is 0.423. The van der Waals surface area contributed by atoms with Crippen LogP contribution in [0.25, 0.3) is 0 Å². The van der Waals surface area contributed by atoms with Gasteiger partial charge in [0.05, 0.1) is 0 Å². The van der Waals surface area contributed by atoms with E-state index in [-0.39, 0.29) is 17.7 Å². The van der Waals surface area contributed by atoms with Gasteiger partial charge in [-0.2, -0.15) is 0 Å². The molecule has 0 nitrogen and oxygen atoms in total. The SMILES string of the molecule is Cl[Si]c1ccc[c]([Ge]([c]2ccccc2)[c]2ccccc2)c1[Si]Cl. The molecule has 0 bridgehead atoms. The summed E-state index contributed by atoms with van der Waals surface area (Å²) in [6, 6.07) is 28.1. The van der Waals surface area contributed by atoms with Crippen LogP contribution >= 0.6 is 22.2 Å². The molecule has 0 atom stereocenters. The van der Waals surface area contributed by atoms with Gasteiger partial charge in [-0.05, 0) is 0 Å². The summed E-state index contributed by atoms with van der Waals surface area (Å²) in [5.41, 5.74) is 0. The molecule has 0 aliphatic heterocycles. The third-order valence-corrected chi connectivity index (χ3v) is 12.8. The van der Waals surface area contributed by atoms with Gasteiger partial charge in [0, 0.05) is 0 Å². The molecule has 0 unspecified atom stereocenters. The van der Waals surface area contributed by atoms with Crippen LogP contribution in [0.4, 0.5) is 0 Å². The molecule has 3 aromatic carbocycles. The van der Waals surface area contributed by atoms with E-state index >= 15 is 0 Å². The Morgan fingerprint density at radius 2 is 1.17 bits per heavy atom. The Kier molecular flexibility index (Phi) is 6.19. The standard InChI is InChI=1S/C18H13Cl2GeSi2/c19-22-17-13-7-12-16(18(17)23-20)21(14-8-3-1-4-9-14)15-10-5-2-6-11-15/h1-13H. The van der Waals surface area contributed by atoms with Crippen LogP contribution in [0, 0.1) is 0 Å². The van der Waals surface area contributed by atoms with Crippen molar-refractivity contribution in [2.24, 2.45) is 0 Å². The fraction of sp³-hybridized carbons (Fsp3) is 0. The summed E-state index contributed by atoms with van der Waals surface area (Å²) in [5, 5.41) is 2.44. The van der Waals surface area contributed by atoms with Gasteiger partial charge in [-0.3, -0.25) is 0 Å². The summed E-state index contributed by atoms with van der Waals surface area (Å²) < 4.78 is 4.29. The van der Waals surface area contributed by atoms with E-state index in [9.17, 15) is 0 Å². The zero-order valence-electron chi connectivity index (χ0n) is 12.3. The molecule has 3 aromatic rings. The summed E-state index contributed by atoms with van der Waals surface area (Å²) in [6.07, 6.45) is 0. The molecule has 23 heavy (non-hydrogen) atoms. The van der Waals surface area contributed by atoms with Crippen LogP contribution < -0.4 is 23.6 Å². The maximum atomic E-state index is 6.34. The van der Waals surface area contributed by atoms with Gasteiger partial charge < -0.3 is 0 Å². The Morgan fingerprint density at radius 3 is 1.65 bits per heavy atom. The van der Waals surface area contributed by atoms with Gasteiger partial charge in [-0.1, -0.05) is 0 Å².